The summed E-state index contributed by atoms with van der Waals surface area (Å²) in [6.45, 7) is 2.29. The molecular weight excluding hydrogens is 268 g/mol. The van der Waals surface area contributed by atoms with E-state index in [1.807, 2.05) is 12.3 Å². The summed E-state index contributed by atoms with van der Waals surface area (Å²) in [4.78, 5) is 10.4. The van der Waals surface area contributed by atoms with Gasteiger partial charge >= 0.3 is 6.03 Å². The number of carbonyl (C=O) groups is 1. The van der Waals surface area contributed by atoms with Gasteiger partial charge in [-0.15, -0.1) is 0 Å². The first-order chi connectivity index (χ1) is 9.54. The number of amides is 2. The summed E-state index contributed by atoms with van der Waals surface area (Å²) in [7, 11) is 0. The van der Waals surface area contributed by atoms with Crippen molar-refractivity contribution in [3.8, 4) is 5.75 Å². The summed E-state index contributed by atoms with van der Waals surface area (Å²) < 4.78 is 32.4. The zero-order chi connectivity index (χ0) is 15.0. The van der Waals surface area contributed by atoms with Crippen molar-refractivity contribution in [1.29, 1.82) is 0 Å². The second-order valence-electron chi connectivity index (χ2n) is 4.10. The van der Waals surface area contributed by atoms with E-state index >= 15 is 0 Å². The van der Waals surface area contributed by atoms with E-state index in [4.69, 9.17) is 10.5 Å². The van der Waals surface area contributed by atoms with Crippen LogP contribution in [0.15, 0.2) is 17.2 Å². The summed E-state index contributed by atoms with van der Waals surface area (Å²) in [5, 5.41) is 3.42. The van der Waals surface area contributed by atoms with Crippen LogP contribution in [0.3, 0.4) is 0 Å². The summed E-state index contributed by atoms with van der Waals surface area (Å²) in [6, 6.07) is 1.26. The average molecular weight is 285 g/mol. The molecular formula is C13H17F2N3O2. The Morgan fingerprint density at radius 2 is 2.05 bits per heavy atom. The van der Waals surface area contributed by atoms with Crippen LogP contribution in [-0.2, 0) is 0 Å². The first kappa shape index (κ1) is 15.9. The topological polar surface area (TPSA) is 76.7 Å². The van der Waals surface area contributed by atoms with Crippen molar-refractivity contribution < 1.29 is 18.3 Å². The molecule has 1 aromatic rings. The van der Waals surface area contributed by atoms with Crippen molar-refractivity contribution in [2.75, 3.05) is 6.61 Å². The Balaban J connectivity index is 2.70. The van der Waals surface area contributed by atoms with Gasteiger partial charge in [0.1, 0.15) is 0 Å². The van der Waals surface area contributed by atoms with Crippen LogP contribution in [0.2, 0.25) is 0 Å². The van der Waals surface area contributed by atoms with Crippen LogP contribution in [0.4, 0.5) is 13.6 Å². The molecule has 20 heavy (non-hydrogen) atoms. The van der Waals surface area contributed by atoms with Crippen LogP contribution in [0.5, 0.6) is 5.75 Å². The molecule has 0 aromatic heterocycles. The summed E-state index contributed by atoms with van der Waals surface area (Å²) in [6.07, 6.45) is 3.75. The number of nitrogens with two attached hydrogens (primary N) is 1. The highest BCUT2D eigenvalue weighted by Crippen LogP contribution is 2.23. The highest BCUT2D eigenvalue weighted by Gasteiger charge is 2.12. The zero-order valence-corrected chi connectivity index (χ0v) is 11.2. The third-order valence-corrected chi connectivity index (χ3v) is 2.40. The second-order valence-corrected chi connectivity index (χ2v) is 4.10. The number of nitrogens with zero attached hydrogens (tertiary/aromatic N) is 1. The largest absolute Gasteiger partial charge is 0.488 e. The Kier molecular flexibility index (Phi) is 6.42. The van der Waals surface area contributed by atoms with Gasteiger partial charge in [-0.25, -0.2) is 19.0 Å². The standard InChI is InChI=1S/C13H17F2N3O2/c1-2-3-4-5-20-12-10(14)6-9(7-11(12)15)8-17-18-13(16)19/h6-8H,2-5H2,1H3,(H3,16,18,19). The van der Waals surface area contributed by atoms with Gasteiger partial charge in [-0.2, -0.15) is 5.10 Å². The Morgan fingerprint density at radius 3 is 2.60 bits per heavy atom. The van der Waals surface area contributed by atoms with Crippen molar-refractivity contribution in [1.82, 2.24) is 5.43 Å². The van der Waals surface area contributed by atoms with E-state index in [2.05, 4.69) is 5.10 Å². The molecule has 1 rings (SSSR count). The Hall–Kier alpha value is -2.18. The van der Waals surface area contributed by atoms with Gasteiger partial charge in [0, 0.05) is 5.56 Å². The van der Waals surface area contributed by atoms with E-state index in [-0.39, 0.29) is 12.2 Å². The summed E-state index contributed by atoms with van der Waals surface area (Å²) >= 11 is 0. The normalized spacial score (nSPS) is 10.8. The van der Waals surface area contributed by atoms with E-state index in [1.165, 1.54) is 0 Å². The van der Waals surface area contributed by atoms with Gasteiger partial charge in [0.2, 0.25) is 0 Å². The monoisotopic (exact) mass is 285 g/mol. The van der Waals surface area contributed by atoms with Crippen molar-refractivity contribution >= 4 is 12.2 Å². The molecule has 110 valence electrons. The maximum absolute atomic E-state index is 13.7. The van der Waals surface area contributed by atoms with Crippen LogP contribution in [0.25, 0.3) is 0 Å². The molecule has 0 aliphatic carbocycles. The highest BCUT2D eigenvalue weighted by molar-refractivity contribution is 5.81. The second kappa shape index (κ2) is 8.08. The first-order valence-electron chi connectivity index (χ1n) is 6.25. The number of ether oxygens (including phenoxy) is 1. The van der Waals surface area contributed by atoms with E-state index in [0.29, 0.717) is 0 Å². The lowest BCUT2D eigenvalue weighted by Gasteiger charge is -2.08. The number of hydrogen-bond acceptors (Lipinski definition) is 3. The fourth-order valence-electron chi connectivity index (χ4n) is 1.49. The maximum Gasteiger partial charge on any atom is 0.332 e. The number of unbranched alkanes of at least 4 members (excludes halogenated alkanes) is 2. The molecule has 1 aromatic carbocycles. The van der Waals surface area contributed by atoms with Crippen molar-refractivity contribution in [3.63, 3.8) is 0 Å². The highest BCUT2D eigenvalue weighted by atomic mass is 19.1. The van der Waals surface area contributed by atoms with E-state index in [1.54, 1.807) is 0 Å². The van der Waals surface area contributed by atoms with Crippen molar-refractivity contribution in [2.24, 2.45) is 10.8 Å². The van der Waals surface area contributed by atoms with E-state index in [9.17, 15) is 13.6 Å². The van der Waals surface area contributed by atoms with Crippen LogP contribution in [-0.4, -0.2) is 18.9 Å². The number of halogens is 2. The number of urea groups is 1. The fourth-order valence-corrected chi connectivity index (χ4v) is 1.49. The molecule has 0 radical (unpaired) electrons. The van der Waals surface area contributed by atoms with E-state index in [0.717, 1.165) is 37.6 Å². The molecule has 0 saturated heterocycles. The molecule has 0 heterocycles. The first-order valence-corrected chi connectivity index (χ1v) is 6.25. The lowest BCUT2D eigenvalue weighted by Crippen LogP contribution is -2.24. The maximum atomic E-state index is 13.7. The SMILES string of the molecule is CCCCCOc1c(F)cc(C=NNC(N)=O)cc1F. The molecule has 0 aliphatic rings. The number of primary amides is 1. The van der Waals surface area contributed by atoms with E-state index < -0.39 is 23.4 Å². The fraction of sp³-hybridized carbons (Fsp3) is 0.385. The molecule has 0 bridgehead atoms. The molecule has 2 amide bonds. The quantitative estimate of drug-likeness (QED) is 0.459. The van der Waals surface area contributed by atoms with Gasteiger partial charge in [-0.05, 0) is 18.6 Å². The van der Waals surface area contributed by atoms with Crippen LogP contribution < -0.4 is 15.9 Å². The number of benzene rings is 1. The minimum absolute atomic E-state index is 0.148. The zero-order valence-electron chi connectivity index (χ0n) is 11.2. The average Bonchev–Trinajstić information content (AvgIpc) is 2.36. The van der Waals surface area contributed by atoms with Gasteiger partial charge in [0.05, 0.1) is 12.8 Å². The predicted octanol–water partition coefficient (Wildman–Crippen LogP) is 2.54. The number of hydrogen-bond donors (Lipinski definition) is 2. The molecule has 5 nitrogen and oxygen atoms in total. The molecule has 0 spiro atoms. The predicted molar refractivity (Wildman–Crippen MR) is 71.7 cm³/mol. The van der Waals surface area contributed by atoms with Crippen molar-refractivity contribution in [3.05, 3.63) is 29.3 Å². The smallest absolute Gasteiger partial charge is 0.332 e. The number of rotatable bonds is 7. The third kappa shape index (κ3) is 5.21. The molecule has 0 atom stereocenters. The van der Waals surface area contributed by atoms with Gasteiger partial charge in [-0.3, -0.25) is 0 Å². The minimum Gasteiger partial charge on any atom is -0.488 e. The number of carbonyl (C=O) groups excluding carboxylic acids is 1. The van der Waals surface area contributed by atoms with Crippen LogP contribution in [0, 0.1) is 11.6 Å². The molecule has 7 heteroatoms. The van der Waals surface area contributed by atoms with Gasteiger partial charge < -0.3 is 10.5 Å². The number of hydrazone groups is 1. The molecule has 0 unspecified atom stereocenters. The van der Waals surface area contributed by atoms with Gasteiger partial charge in [0.25, 0.3) is 0 Å². The molecule has 0 aliphatic heterocycles. The lowest BCUT2D eigenvalue weighted by atomic mass is 10.2. The minimum atomic E-state index is -0.863. The molecule has 0 fully saturated rings. The Morgan fingerprint density at radius 1 is 1.40 bits per heavy atom. The van der Waals surface area contributed by atoms with Gasteiger partial charge in [0.15, 0.2) is 17.4 Å². The molecule has 0 saturated carbocycles. The van der Waals surface area contributed by atoms with Crippen molar-refractivity contribution in [2.45, 2.75) is 26.2 Å². The summed E-state index contributed by atoms with van der Waals surface area (Å²) in [5.74, 6) is -2.04. The van der Waals surface area contributed by atoms with Crippen LogP contribution in [0.1, 0.15) is 31.7 Å². The Bertz CT molecular complexity index is 469. The van der Waals surface area contributed by atoms with Crippen LogP contribution >= 0.6 is 0 Å². The third-order valence-electron chi connectivity index (χ3n) is 2.40. The Labute approximate surface area is 115 Å². The summed E-state index contributed by atoms with van der Waals surface area (Å²) in [5.41, 5.74) is 6.86. The van der Waals surface area contributed by atoms with Gasteiger partial charge in [-0.1, -0.05) is 19.8 Å². The lowest BCUT2D eigenvalue weighted by molar-refractivity contribution is 0.249. The number of nitrogens with one attached hydrogen (secondary N) is 1. The molecule has 3 N–H and O–H groups in total.